The Morgan fingerprint density at radius 2 is 2.00 bits per heavy atom. The summed E-state index contributed by atoms with van der Waals surface area (Å²) in [6.07, 6.45) is 2.04. The minimum atomic E-state index is -2.05. The zero-order valence-electron chi connectivity index (χ0n) is 13.6. The van der Waals surface area contributed by atoms with Gasteiger partial charge in [0.05, 0.1) is 6.54 Å². The maximum atomic E-state index is 13.4. The summed E-state index contributed by atoms with van der Waals surface area (Å²) >= 11 is 10.4. The largest absolute Gasteiger partial charge is 0.306 e. The van der Waals surface area contributed by atoms with Gasteiger partial charge in [-0.25, -0.2) is 14.1 Å². The van der Waals surface area contributed by atoms with Crippen molar-refractivity contribution in [2.45, 2.75) is 18.2 Å². The van der Waals surface area contributed by atoms with Crippen LogP contribution in [0.2, 0.25) is 10.0 Å². The number of benzene rings is 2. The smallest absolute Gasteiger partial charge is 0.257 e. The van der Waals surface area contributed by atoms with Crippen LogP contribution in [0, 0.1) is 5.82 Å². The molecule has 4 rings (SSSR count). The number of hydrogen-bond donors (Lipinski definition) is 0. The van der Waals surface area contributed by atoms with E-state index in [0.717, 1.165) is 0 Å². The molecule has 0 radical (unpaired) electrons. The van der Waals surface area contributed by atoms with E-state index in [0.29, 0.717) is 21.2 Å². The van der Waals surface area contributed by atoms with E-state index in [1.165, 1.54) is 29.5 Å². The Balaban J connectivity index is 1.89. The number of nitrogens with zero attached hydrogens (tertiary/aromatic N) is 3. The molecule has 3 atom stereocenters. The Morgan fingerprint density at radius 1 is 1.22 bits per heavy atom. The Labute approximate surface area is 166 Å². The average molecular weight is 428 g/mol. The molecule has 0 saturated carbocycles. The standard InChI is InChI=1S/C17H12Cl2FN3O3S/c18-12-3-6-14(15(19)7-12)17(8-23-10-21-9-22-23)16(25-27(24)26-17)11-1-4-13(20)5-2-11/h1-7,9-10,16H,8H2/t16-,17-,27?/m1/s1. The summed E-state index contributed by atoms with van der Waals surface area (Å²) in [6.45, 7) is 0.113. The SMILES string of the molecule is O=S1O[C@H](c2ccc(F)cc2)[C@@](Cn2cncn2)(c2ccc(Cl)cc2Cl)O1. The Bertz CT molecular complexity index is 988. The van der Waals surface area contributed by atoms with Crippen LogP contribution in [0.25, 0.3) is 0 Å². The maximum Gasteiger partial charge on any atom is 0.306 e. The molecular formula is C17H12Cl2FN3O3S. The topological polar surface area (TPSA) is 66.2 Å². The predicted molar refractivity (Wildman–Crippen MR) is 97.6 cm³/mol. The fraction of sp³-hybridized carbons (Fsp3) is 0.176. The molecule has 140 valence electrons. The molecule has 0 N–H and O–H groups in total. The second-order valence-electron chi connectivity index (χ2n) is 5.92. The maximum absolute atomic E-state index is 13.4. The summed E-state index contributed by atoms with van der Waals surface area (Å²) in [5, 5.41) is 4.87. The van der Waals surface area contributed by atoms with Crippen molar-refractivity contribution in [3.05, 3.63) is 82.1 Å². The molecule has 1 aromatic heterocycles. The highest BCUT2D eigenvalue weighted by Gasteiger charge is 2.54. The van der Waals surface area contributed by atoms with E-state index in [9.17, 15) is 8.60 Å². The van der Waals surface area contributed by atoms with Gasteiger partial charge in [-0.05, 0) is 29.8 Å². The number of aromatic nitrogens is 3. The molecule has 1 saturated heterocycles. The molecule has 1 aliphatic heterocycles. The lowest BCUT2D eigenvalue weighted by molar-refractivity contribution is 0.0124. The van der Waals surface area contributed by atoms with Gasteiger partial charge in [0.1, 0.15) is 24.6 Å². The van der Waals surface area contributed by atoms with Crippen LogP contribution in [0.5, 0.6) is 0 Å². The van der Waals surface area contributed by atoms with Crippen molar-refractivity contribution in [2.24, 2.45) is 0 Å². The fourth-order valence-corrected chi connectivity index (χ4v) is 4.58. The average Bonchev–Trinajstić information content (AvgIpc) is 3.24. The molecule has 2 aromatic carbocycles. The van der Waals surface area contributed by atoms with Gasteiger partial charge in [-0.1, -0.05) is 41.4 Å². The van der Waals surface area contributed by atoms with Crippen molar-refractivity contribution < 1.29 is 17.0 Å². The molecule has 10 heteroatoms. The summed E-state index contributed by atoms with van der Waals surface area (Å²) < 4.78 is 38.5. The molecule has 1 fully saturated rings. The van der Waals surface area contributed by atoms with Crippen molar-refractivity contribution >= 4 is 34.6 Å². The second kappa shape index (κ2) is 7.29. The first-order valence-electron chi connectivity index (χ1n) is 7.80. The summed E-state index contributed by atoms with van der Waals surface area (Å²) in [7, 11) is 0. The van der Waals surface area contributed by atoms with Gasteiger partial charge >= 0.3 is 11.4 Å². The molecule has 6 nitrogen and oxygen atoms in total. The Hall–Kier alpha value is -1.84. The number of hydrogen-bond acceptors (Lipinski definition) is 5. The molecule has 2 heterocycles. The molecule has 0 spiro atoms. The van der Waals surface area contributed by atoms with Crippen molar-refractivity contribution in [2.75, 3.05) is 0 Å². The Kier molecular flexibility index (Phi) is 5.00. The highest BCUT2D eigenvalue weighted by atomic mass is 35.5. The minimum Gasteiger partial charge on any atom is -0.257 e. The van der Waals surface area contributed by atoms with Gasteiger partial charge in [-0.2, -0.15) is 9.31 Å². The third-order valence-corrected chi connectivity index (χ3v) is 5.57. The van der Waals surface area contributed by atoms with Crippen molar-refractivity contribution in [3.63, 3.8) is 0 Å². The second-order valence-corrected chi connectivity index (χ2v) is 7.53. The van der Waals surface area contributed by atoms with Crippen molar-refractivity contribution in [3.8, 4) is 0 Å². The zero-order valence-corrected chi connectivity index (χ0v) is 15.9. The van der Waals surface area contributed by atoms with E-state index >= 15 is 0 Å². The van der Waals surface area contributed by atoms with Crippen molar-refractivity contribution in [1.82, 2.24) is 14.8 Å². The summed E-state index contributed by atoms with van der Waals surface area (Å²) in [5.41, 5.74) is -0.199. The quantitative estimate of drug-likeness (QED) is 0.629. The molecule has 0 aliphatic carbocycles. The minimum absolute atomic E-state index is 0.113. The van der Waals surface area contributed by atoms with Crippen LogP contribution >= 0.6 is 23.2 Å². The lowest BCUT2D eigenvalue weighted by Gasteiger charge is -2.32. The van der Waals surface area contributed by atoms with Crippen LogP contribution in [0.15, 0.2) is 55.1 Å². The predicted octanol–water partition coefficient (Wildman–Crippen LogP) is 3.99. The van der Waals surface area contributed by atoms with Gasteiger partial charge in [-0.15, -0.1) is 0 Å². The molecule has 3 aromatic rings. The van der Waals surface area contributed by atoms with Crippen LogP contribution in [-0.2, 0) is 31.9 Å². The lowest BCUT2D eigenvalue weighted by Crippen LogP contribution is -2.37. The normalized spacial score (nSPS) is 25.0. The van der Waals surface area contributed by atoms with Crippen molar-refractivity contribution in [1.29, 1.82) is 0 Å². The third-order valence-electron chi connectivity index (χ3n) is 4.24. The first kappa shape index (κ1) is 18.5. The van der Waals surface area contributed by atoms with Crippen LogP contribution in [-0.4, -0.2) is 19.0 Å². The summed E-state index contributed by atoms with van der Waals surface area (Å²) in [6, 6.07) is 10.6. The molecule has 1 aliphatic rings. The monoisotopic (exact) mass is 427 g/mol. The fourth-order valence-electron chi connectivity index (χ4n) is 3.07. The van der Waals surface area contributed by atoms with E-state index in [1.54, 1.807) is 30.3 Å². The first-order chi connectivity index (χ1) is 13.0. The summed E-state index contributed by atoms with van der Waals surface area (Å²) in [5.74, 6) is -0.398. The van der Waals surface area contributed by atoms with Gasteiger partial charge < -0.3 is 0 Å². The van der Waals surface area contributed by atoms with E-state index in [1.807, 2.05) is 0 Å². The highest BCUT2D eigenvalue weighted by Crippen LogP contribution is 2.50. The van der Waals surface area contributed by atoms with Crippen LogP contribution < -0.4 is 0 Å². The van der Waals surface area contributed by atoms with E-state index < -0.39 is 28.9 Å². The zero-order chi connectivity index (χ0) is 19.0. The molecule has 0 bridgehead atoms. The molecule has 0 amide bonds. The molecule has 1 unspecified atom stereocenters. The third kappa shape index (κ3) is 3.51. The molecular weight excluding hydrogens is 416 g/mol. The van der Waals surface area contributed by atoms with Gasteiger partial charge in [-0.3, -0.25) is 8.37 Å². The van der Waals surface area contributed by atoms with E-state index in [-0.39, 0.29) is 6.54 Å². The van der Waals surface area contributed by atoms with Gasteiger partial charge in [0.25, 0.3) is 0 Å². The lowest BCUT2D eigenvalue weighted by atomic mass is 9.84. The summed E-state index contributed by atoms with van der Waals surface area (Å²) in [4.78, 5) is 3.93. The van der Waals surface area contributed by atoms with E-state index in [4.69, 9.17) is 31.6 Å². The van der Waals surface area contributed by atoms with E-state index in [2.05, 4.69) is 10.1 Å². The van der Waals surface area contributed by atoms with Crippen LogP contribution in [0.1, 0.15) is 17.2 Å². The number of rotatable bonds is 4. The highest BCUT2D eigenvalue weighted by molar-refractivity contribution is 7.75. The van der Waals surface area contributed by atoms with Crippen LogP contribution in [0.3, 0.4) is 0 Å². The van der Waals surface area contributed by atoms with Gasteiger partial charge in [0, 0.05) is 15.6 Å². The van der Waals surface area contributed by atoms with Gasteiger partial charge in [0.2, 0.25) is 0 Å². The van der Waals surface area contributed by atoms with Gasteiger partial charge in [0.15, 0.2) is 5.60 Å². The molecule has 27 heavy (non-hydrogen) atoms. The number of halogens is 3. The van der Waals surface area contributed by atoms with Crippen LogP contribution in [0.4, 0.5) is 4.39 Å². The first-order valence-corrected chi connectivity index (χ1v) is 9.55. The Morgan fingerprint density at radius 3 is 2.67 bits per heavy atom.